The molecule has 1 amide bonds. The van der Waals surface area contributed by atoms with Gasteiger partial charge in [-0.25, -0.2) is 8.42 Å². The molecule has 5 nitrogen and oxygen atoms in total. The van der Waals surface area contributed by atoms with Crippen molar-refractivity contribution >= 4 is 21.6 Å². The fraction of sp³-hybridized carbons (Fsp3) is 0.611. The van der Waals surface area contributed by atoms with E-state index in [0.29, 0.717) is 12.1 Å². The number of hydrogen-bond acceptors (Lipinski definition) is 3. The van der Waals surface area contributed by atoms with Crippen LogP contribution in [0.25, 0.3) is 0 Å². The molecule has 0 aliphatic heterocycles. The van der Waals surface area contributed by atoms with Crippen molar-refractivity contribution in [2.45, 2.75) is 65.0 Å². The van der Waals surface area contributed by atoms with Crippen molar-refractivity contribution in [2.24, 2.45) is 0 Å². The van der Waals surface area contributed by atoms with E-state index in [1.54, 1.807) is 6.07 Å². The highest BCUT2D eigenvalue weighted by Gasteiger charge is 2.33. The Morgan fingerprint density at radius 1 is 1.25 bits per heavy atom. The van der Waals surface area contributed by atoms with Gasteiger partial charge in [0.2, 0.25) is 15.9 Å². The molecular weight excluding hydrogens is 324 g/mol. The predicted molar refractivity (Wildman–Crippen MR) is 97.7 cm³/mol. The van der Waals surface area contributed by atoms with Gasteiger partial charge in [0.1, 0.15) is 6.04 Å². The first kappa shape index (κ1) is 18.8. The second-order valence-corrected chi connectivity index (χ2v) is 8.60. The van der Waals surface area contributed by atoms with E-state index in [1.165, 1.54) is 4.31 Å². The number of benzene rings is 1. The number of sulfonamides is 1. The molecule has 1 aromatic rings. The van der Waals surface area contributed by atoms with Crippen LogP contribution in [0, 0.1) is 13.8 Å². The number of rotatable bonds is 6. The van der Waals surface area contributed by atoms with E-state index in [-0.39, 0.29) is 11.9 Å². The van der Waals surface area contributed by atoms with Gasteiger partial charge >= 0.3 is 0 Å². The Kier molecular flexibility index (Phi) is 5.91. The van der Waals surface area contributed by atoms with E-state index in [4.69, 9.17) is 0 Å². The molecule has 1 aromatic carbocycles. The van der Waals surface area contributed by atoms with Crippen molar-refractivity contribution in [1.29, 1.82) is 0 Å². The Labute approximate surface area is 145 Å². The van der Waals surface area contributed by atoms with Crippen molar-refractivity contribution < 1.29 is 13.2 Å². The first-order valence-electron chi connectivity index (χ1n) is 8.61. The molecule has 0 aromatic heterocycles. The van der Waals surface area contributed by atoms with Crippen LogP contribution >= 0.6 is 0 Å². The predicted octanol–water partition coefficient (Wildman–Crippen LogP) is 2.91. The van der Waals surface area contributed by atoms with Crippen molar-refractivity contribution in [3.8, 4) is 0 Å². The smallest absolute Gasteiger partial charge is 0.244 e. The normalized spacial score (nSPS) is 16.8. The molecule has 6 heteroatoms. The highest BCUT2D eigenvalue weighted by Crippen LogP contribution is 2.26. The summed E-state index contributed by atoms with van der Waals surface area (Å²) in [6.45, 7) is 5.77. The van der Waals surface area contributed by atoms with E-state index in [9.17, 15) is 13.2 Å². The molecule has 1 fully saturated rings. The van der Waals surface area contributed by atoms with E-state index >= 15 is 0 Å². The van der Waals surface area contributed by atoms with Crippen molar-refractivity contribution in [2.75, 3.05) is 10.6 Å². The summed E-state index contributed by atoms with van der Waals surface area (Å²) in [6.07, 6.45) is 5.78. The summed E-state index contributed by atoms with van der Waals surface area (Å²) in [6, 6.07) is 4.96. The molecule has 0 heterocycles. The van der Waals surface area contributed by atoms with Gasteiger partial charge in [0.05, 0.1) is 11.9 Å². The van der Waals surface area contributed by atoms with E-state index in [2.05, 4.69) is 5.32 Å². The maximum absolute atomic E-state index is 12.7. The van der Waals surface area contributed by atoms with Gasteiger partial charge < -0.3 is 5.32 Å². The topological polar surface area (TPSA) is 66.5 Å². The van der Waals surface area contributed by atoms with Crippen molar-refractivity contribution in [3.63, 3.8) is 0 Å². The van der Waals surface area contributed by atoms with Gasteiger partial charge in [-0.2, -0.15) is 0 Å². The van der Waals surface area contributed by atoms with Gasteiger partial charge in [-0.1, -0.05) is 25.8 Å². The molecular formula is C18H28N2O3S. The molecule has 0 radical (unpaired) electrons. The van der Waals surface area contributed by atoms with Crippen LogP contribution in [0.1, 0.15) is 50.2 Å². The fourth-order valence-electron chi connectivity index (χ4n) is 3.29. The van der Waals surface area contributed by atoms with E-state index in [0.717, 1.165) is 43.1 Å². The van der Waals surface area contributed by atoms with Crippen LogP contribution in [0.5, 0.6) is 0 Å². The lowest BCUT2D eigenvalue weighted by Crippen LogP contribution is -2.51. The number of hydrogen-bond donors (Lipinski definition) is 1. The third kappa shape index (κ3) is 4.29. The number of nitrogens with one attached hydrogen (secondary N) is 1. The molecule has 2 rings (SSSR count). The fourth-order valence-corrected chi connectivity index (χ4v) is 4.49. The van der Waals surface area contributed by atoms with E-state index < -0.39 is 16.1 Å². The van der Waals surface area contributed by atoms with Crippen LogP contribution in [0.4, 0.5) is 5.69 Å². The van der Waals surface area contributed by atoms with Crippen LogP contribution in [0.3, 0.4) is 0 Å². The molecule has 1 N–H and O–H groups in total. The highest BCUT2D eigenvalue weighted by atomic mass is 32.2. The van der Waals surface area contributed by atoms with Crippen LogP contribution in [0.15, 0.2) is 18.2 Å². The molecule has 0 saturated heterocycles. The first-order valence-corrected chi connectivity index (χ1v) is 10.5. The number of nitrogens with zero attached hydrogens (tertiary/aromatic N) is 1. The van der Waals surface area contributed by atoms with Gasteiger partial charge in [0, 0.05) is 6.04 Å². The van der Waals surface area contributed by atoms with Gasteiger partial charge in [0.15, 0.2) is 0 Å². The first-order chi connectivity index (χ1) is 11.2. The molecule has 0 spiro atoms. The van der Waals surface area contributed by atoms with Crippen molar-refractivity contribution in [3.05, 3.63) is 29.3 Å². The Morgan fingerprint density at radius 2 is 1.88 bits per heavy atom. The summed E-state index contributed by atoms with van der Waals surface area (Å²) < 4.78 is 26.1. The van der Waals surface area contributed by atoms with Gasteiger partial charge in [-0.05, 0) is 56.4 Å². The third-order valence-electron chi connectivity index (χ3n) is 4.78. The molecule has 134 valence electrons. The summed E-state index contributed by atoms with van der Waals surface area (Å²) in [7, 11) is -3.57. The molecule has 1 atom stereocenters. The van der Waals surface area contributed by atoms with Gasteiger partial charge in [-0.15, -0.1) is 0 Å². The minimum atomic E-state index is -3.57. The SMILES string of the molecule is CCC(C(=O)NC1CCCC1)N(c1ccc(C)c(C)c1)S(C)(=O)=O. The number of amides is 1. The molecule has 24 heavy (non-hydrogen) atoms. The second-order valence-electron chi connectivity index (χ2n) is 6.74. The zero-order valence-electron chi connectivity index (χ0n) is 15.0. The minimum absolute atomic E-state index is 0.174. The Balaban J connectivity index is 2.33. The monoisotopic (exact) mass is 352 g/mol. The lowest BCUT2D eigenvalue weighted by Gasteiger charge is -2.31. The maximum Gasteiger partial charge on any atom is 0.244 e. The van der Waals surface area contributed by atoms with Crippen LogP contribution < -0.4 is 9.62 Å². The maximum atomic E-state index is 12.7. The molecule has 1 aliphatic carbocycles. The summed E-state index contributed by atoms with van der Waals surface area (Å²) >= 11 is 0. The highest BCUT2D eigenvalue weighted by molar-refractivity contribution is 7.92. The van der Waals surface area contributed by atoms with E-state index in [1.807, 2.05) is 32.9 Å². The van der Waals surface area contributed by atoms with Crippen LogP contribution in [-0.4, -0.2) is 32.7 Å². The number of carbonyl (C=O) groups is 1. The Bertz CT molecular complexity index is 694. The van der Waals surface area contributed by atoms with Gasteiger partial charge in [-0.3, -0.25) is 9.10 Å². The Morgan fingerprint density at radius 3 is 2.38 bits per heavy atom. The zero-order chi connectivity index (χ0) is 17.9. The number of anilines is 1. The average molecular weight is 353 g/mol. The zero-order valence-corrected chi connectivity index (χ0v) is 15.8. The van der Waals surface area contributed by atoms with Crippen LogP contribution in [-0.2, 0) is 14.8 Å². The number of aryl methyl sites for hydroxylation is 2. The summed E-state index contributed by atoms with van der Waals surface area (Å²) in [4.78, 5) is 12.7. The summed E-state index contributed by atoms with van der Waals surface area (Å²) in [5.41, 5.74) is 2.65. The van der Waals surface area contributed by atoms with Crippen LogP contribution in [0.2, 0.25) is 0 Å². The van der Waals surface area contributed by atoms with Gasteiger partial charge in [0.25, 0.3) is 0 Å². The lowest BCUT2D eigenvalue weighted by molar-refractivity contribution is -0.122. The summed E-state index contributed by atoms with van der Waals surface area (Å²) in [5, 5.41) is 3.03. The largest absolute Gasteiger partial charge is 0.352 e. The summed E-state index contributed by atoms with van der Waals surface area (Å²) in [5.74, 6) is -0.201. The molecule has 1 unspecified atom stereocenters. The quantitative estimate of drug-likeness (QED) is 0.856. The number of carbonyl (C=O) groups excluding carboxylic acids is 1. The second kappa shape index (κ2) is 7.55. The minimum Gasteiger partial charge on any atom is -0.352 e. The Hall–Kier alpha value is -1.56. The molecule has 1 aliphatic rings. The average Bonchev–Trinajstić information content (AvgIpc) is 2.99. The third-order valence-corrected chi connectivity index (χ3v) is 5.96. The van der Waals surface area contributed by atoms with Crippen molar-refractivity contribution in [1.82, 2.24) is 5.32 Å². The lowest BCUT2D eigenvalue weighted by atomic mass is 10.1. The molecule has 0 bridgehead atoms. The standard InChI is InChI=1S/C18H28N2O3S/c1-5-17(18(21)19-15-8-6-7-9-15)20(24(4,22)23)16-11-10-13(2)14(3)12-16/h10-12,15,17H,5-9H2,1-4H3,(H,19,21). The molecule has 1 saturated carbocycles.